The molecular formula is C38H48Br2F2. The zero-order valence-electron chi connectivity index (χ0n) is 26.2. The largest absolute Gasteiger partial charge is 0.207 e. The molecule has 4 rings (SSSR count). The molecule has 0 N–H and O–H groups in total. The van der Waals surface area contributed by atoms with Gasteiger partial charge in [-0.2, -0.15) is 0 Å². The van der Waals surface area contributed by atoms with Crippen molar-refractivity contribution in [1.82, 2.24) is 0 Å². The number of hydrogen-bond acceptors (Lipinski definition) is 0. The van der Waals surface area contributed by atoms with Crippen LogP contribution in [0.2, 0.25) is 0 Å². The van der Waals surface area contributed by atoms with Crippen molar-refractivity contribution in [1.29, 1.82) is 0 Å². The van der Waals surface area contributed by atoms with Crippen LogP contribution in [0.25, 0.3) is 22.3 Å². The van der Waals surface area contributed by atoms with E-state index in [2.05, 4.69) is 76.0 Å². The first-order chi connectivity index (χ1) is 20.0. The Hall–Kier alpha value is -1.52. The highest BCUT2D eigenvalue weighted by molar-refractivity contribution is 9.09. The smallest absolute Gasteiger partial charge is 0.131 e. The normalized spacial score (nSPS) is 14.0. The predicted octanol–water partition coefficient (Wildman–Crippen LogP) is 13.0. The maximum Gasteiger partial charge on any atom is 0.131 e. The first-order valence-corrected chi connectivity index (χ1v) is 18.2. The molecule has 1 aliphatic carbocycles. The number of rotatable bonds is 14. The second kappa shape index (κ2) is 14.5. The molecule has 0 saturated carbocycles. The third kappa shape index (κ3) is 7.23. The van der Waals surface area contributed by atoms with Crippen molar-refractivity contribution >= 4 is 31.9 Å². The van der Waals surface area contributed by atoms with E-state index >= 15 is 8.78 Å². The van der Waals surface area contributed by atoms with Gasteiger partial charge >= 0.3 is 0 Å². The van der Waals surface area contributed by atoms with Gasteiger partial charge in [0.1, 0.15) is 11.6 Å². The molecule has 3 aromatic rings. The Kier molecular flexibility index (Phi) is 11.5. The molecule has 0 radical (unpaired) electrons. The summed E-state index contributed by atoms with van der Waals surface area (Å²) in [4.78, 5) is 0. The monoisotopic (exact) mass is 700 g/mol. The number of benzene rings is 3. The summed E-state index contributed by atoms with van der Waals surface area (Å²) in [6, 6.07) is 16.3. The van der Waals surface area contributed by atoms with Crippen LogP contribution in [0.3, 0.4) is 0 Å². The van der Waals surface area contributed by atoms with Gasteiger partial charge in [-0.1, -0.05) is 135 Å². The lowest BCUT2D eigenvalue weighted by Gasteiger charge is -2.33. The van der Waals surface area contributed by atoms with Gasteiger partial charge in [-0.15, -0.1) is 0 Å². The molecule has 228 valence electrons. The molecule has 4 heteroatoms. The van der Waals surface area contributed by atoms with Gasteiger partial charge < -0.3 is 0 Å². The van der Waals surface area contributed by atoms with Gasteiger partial charge in [0.05, 0.1) is 0 Å². The van der Waals surface area contributed by atoms with E-state index < -0.39 is 5.41 Å². The molecule has 42 heavy (non-hydrogen) atoms. The molecule has 0 amide bonds. The Morgan fingerprint density at radius 1 is 0.643 bits per heavy atom. The Bertz CT molecular complexity index is 1340. The van der Waals surface area contributed by atoms with Crippen LogP contribution in [0.15, 0.2) is 48.5 Å². The summed E-state index contributed by atoms with van der Waals surface area (Å²) in [6.45, 7) is 10.3. The van der Waals surface area contributed by atoms with E-state index in [1.54, 1.807) is 0 Å². The maximum absolute atomic E-state index is 15.7. The summed E-state index contributed by atoms with van der Waals surface area (Å²) in [5.74, 6) is -0.244. The molecule has 0 saturated heterocycles. The lowest BCUT2D eigenvalue weighted by molar-refractivity contribution is 0.401. The molecule has 0 aliphatic heterocycles. The first kappa shape index (κ1) is 33.4. The molecule has 0 fully saturated rings. The molecule has 3 aromatic carbocycles. The van der Waals surface area contributed by atoms with Crippen molar-refractivity contribution in [2.75, 3.05) is 10.7 Å². The van der Waals surface area contributed by atoms with Gasteiger partial charge in [-0.3, -0.25) is 0 Å². The highest BCUT2D eigenvalue weighted by Crippen LogP contribution is 2.55. The Labute approximate surface area is 270 Å². The van der Waals surface area contributed by atoms with Crippen LogP contribution >= 0.6 is 31.9 Å². The summed E-state index contributed by atoms with van der Waals surface area (Å²) < 4.78 is 31.0. The highest BCUT2D eigenvalue weighted by Gasteiger charge is 2.42. The number of alkyl halides is 2. The van der Waals surface area contributed by atoms with E-state index in [4.69, 9.17) is 0 Å². The first-order valence-electron chi connectivity index (χ1n) is 15.9. The fourth-order valence-corrected chi connectivity index (χ4v) is 7.59. The zero-order chi connectivity index (χ0) is 30.5. The SMILES string of the molecule is CC(C)c1ccc2c(c1)C(CCCCCCBr)(CCCCCCBr)c1cc(-c3cc(F)c(C(C)(C)C)cc3F)ccc1-2. The van der Waals surface area contributed by atoms with E-state index in [9.17, 15) is 0 Å². The van der Waals surface area contributed by atoms with Crippen LogP contribution in [-0.2, 0) is 10.8 Å². The topological polar surface area (TPSA) is 0 Å². The van der Waals surface area contributed by atoms with Gasteiger partial charge in [0.25, 0.3) is 0 Å². The van der Waals surface area contributed by atoms with E-state index in [1.807, 2.05) is 26.8 Å². The maximum atomic E-state index is 15.7. The van der Waals surface area contributed by atoms with Crippen molar-refractivity contribution in [3.05, 3.63) is 82.4 Å². The summed E-state index contributed by atoms with van der Waals surface area (Å²) in [7, 11) is 0. The van der Waals surface area contributed by atoms with Crippen LogP contribution < -0.4 is 0 Å². The molecule has 0 nitrogen and oxygen atoms in total. The van der Waals surface area contributed by atoms with E-state index in [-0.39, 0.29) is 17.0 Å². The molecule has 0 aromatic heterocycles. The Morgan fingerprint density at radius 2 is 1.19 bits per heavy atom. The molecule has 0 atom stereocenters. The summed E-state index contributed by atoms with van der Waals surface area (Å²) >= 11 is 7.19. The minimum Gasteiger partial charge on any atom is -0.207 e. The molecule has 0 spiro atoms. The molecule has 1 aliphatic rings. The average molecular weight is 703 g/mol. The van der Waals surface area contributed by atoms with Gasteiger partial charge in [-0.25, -0.2) is 8.78 Å². The van der Waals surface area contributed by atoms with Gasteiger partial charge in [0.15, 0.2) is 0 Å². The second-order valence-electron chi connectivity index (χ2n) is 13.6. The van der Waals surface area contributed by atoms with E-state index in [0.29, 0.717) is 17.0 Å². The second-order valence-corrected chi connectivity index (χ2v) is 15.2. The van der Waals surface area contributed by atoms with E-state index in [0.717, 1.165) is 41.9 Å². The third-order valence-electron chi connectivity index (χ3n) is 9.20. The van der Waals surface area contributed by atoms with Crippen LogP contribution in [-0.4, -0.2) is 10.7 Å². The average Bonchev–Trinajstić information content (AvgIpc) is 3.21. The summed E-state index contributed by atoms with van der Waals surface area (Å²) in [5.41, 5.74) is 7.65. The van der Waals surface area contributed by atoms with Crippen LogP contribution in [0.1, 0.15) is 127 Å². The van der Waals surface area contributed by atoms with Crippen LogP contribution in [0.4, 0.5) is 8.78 Å². The fraction of sp³-hybridized carbons (Fsp3) is 0.526. The predicted molar refractivity (Wildman–Crippen MR) is 185 cm³/mol. The number of hydrogen-bond donors (Lipinski definition) is 0. The number of fused-ring (bicyclic) bond motifs is 3. The molecular weight excluding hydrogens is 654 g/mol. The lowest BCUT2D eigenvalue weighted by Crippen LogP contribution is -2.26. The van der Waals surface area contributed by atoms with Crippen molar-refractivity contribution in [2.24, 2.45) is 0 Å². The van der Waals surface area contributed by atoms with Crippen LogP contribution in [0, 0.1) is 11.6 Å². The summed E-state index contributed by atoms with van der Waals surface area (Å²) in [6.07, 6.45) is 11.7. The number of unbranched alkanes of at least 4 members (excludes halogenated alkanes) is 6. The highest BCUT2D eigenvalue weighted by atomic mass is 79.9. The zero-order valence-corrected chi connectivity index (χ0v) is 29.4. The van der Waals surface area contributed by atoms with Gasteiger partial charge in [0, 0.05) is 21.6 Å². The Morgan fingerprint density at radius 3 is 1.74 bits per heavy atom. The molecule has 0 bridgehead atoms. The minimum atomic E-state index is -0.462. The third-order valence-corrected chi connectivity index (χ3v) is 10.3. The molecule has 0 unspecified atom stereocenters. The fourth-order valence-electron chi connectivity index (χ4n) is 6.80. The standard InChI is InChI=1S/C38H48Br2F2/c1-26(2)27-14-16-29-30-17-15-28(31-24-36(42)34(25-35(31)41)37(3,4)5)23-33(30)38(32(29)22-27,18-10-6-8-12-20-39)19-11-7-9-13-21-40/h14-17,22-26H,6-13,18-21H2,1-5H3. The Balaban J connectivity index is 1.85. The van der Waals surface area contributed by atoms with Gasteiger partial charge in [-0.05, 0) is 94.2 Å². The van der Waals surface area contributed by atoms with Crippen molar-refractivity contribution in [3.8, 4) is 22.3 Å². The summed E-state index contributed by atoms with van der Waals surface area (Å²) in [5, 5.41) is 2.10. The van der Waals surface area contributed by atoms with Crippen LogP contribution in [0.5, 0.6) is 0 Å². The number of halogens is 4. The van der Waals surface area contributed by atoms with Crippen molar-refractivity contribution < 1.29 is 8.78 Å². The van der Waals surface area contributed by atoms with Gasteiger partial charge in [0.2, 0.25) is 0 Å². The lowest BCUT2D eigenvalue weighted by atomic mass is 9.70. The van der Waals surface area contributed by atoms with E-state index in [1.165, 1.54) is 78.5 Å². The van der Waals surface area contributed by atoms with Crippen molar-refractivity contribution in [2.45, 2.75) is 116 Å². The molecule has 0 heterocycles. The quantitative estimate of drug-likeness (QED) is 0.116. The van der Waals surface area contributed by atoms with Crippen molar-refractivity contribution in [3.63, 3.8) is 0 Å². The minimum absolute atomic E-state index is 0.116.